The molecule has 3 nitrogen and oxygen atoms in total. The Hall–Kier alpha value is -1.35. The van der Waals surface area contributed by atoms with Gasteiger partial charge < -0.3 is 10.6 Å². The number of amides is 1. The number of nitrogens with zero attached hydrogens (tertiary/aromatic N) is 1. The number of aryl methyl sites for hydroxylation is 1. The van der Waals surface area contributed by atoms with E-state index in [1.54, 1.807) is 0 Å². The largest absolute Gasteiger partial charge is 0.336 e. The molecule has 2 aliphatic rings. The fourth-order valence-electron chi connectivity index (χ4n) is 3.41. The van der Waals surface area contributed by atoms with Gasteiger partial charge in [0, 0.05) is 18.5 Å². The lowest BCUT2D eigenvalue weighted by Gasteiger charge is -2.39. The molecule has 1 aliphatic heterocycles. The molecule has 0 aromatic heterocycles. The molecular formula is C17H24N2O. The summed E-state index contributed by atoms with van der Waals surface area (Å²) in [5, 5.41) is 0. The minimum Gasteiger partial charge on any atom is -0.336 e. The van der Waals surface area contributed by atoms with E-state index in [0.717, 1.165) is 32.2 Å². The van der Waals surface area contributed by atoms with Gasteiger partial charge in [-0.25, -0.2) is 0 Å². The van der Waals surface area contributed by atoms with E-state index < -0.39 is 0 Å². The molecule has 1 saturated carbocycles. The highest BCUT2D eigenvalue weighted by Gasteiger charge is 2.38. The Labute approximate surface area is 121 Å². The van der Waals surface area contributed by atoms with Gasteiger partial charge >= 0.3 is 0 Å². The summed E-state index contributed by atoms with van der Waals surface area (Å²) in [6, 6.07) is 8.84. The first kappa shape index (κ1) is 13.6. The van der Waals surface area contributed by atoms with Crippen molar-refractivity contribution < 1.29 is 4.79 Å². The van der Waals surface area contributed by atoms with Crippen molar-refractivity contribution in [3.8, 4) is 0 Å². The molecule has 1 aromatic rings. The van der Waals surface area contributed by atoms with Crippen molar-refractivity contribution in [2.24, 2.45) is 5.73 Å². The molecule has 0 unspecified atom stereocenters. The molecule has 3 heteroatoms. The van der Waals surface area contributed by atoms with Crippen LogP contribution in [0.25, 0.3) is 0 Å². The molecule has 0 spiro atoms. The van der Waals surface area contributed by atoms with Crippen LogP contribution < -0.4 is 5.73 Å². The molecule has 20 heavy (non-hydrogen) atoms. The standard InChI is InChI=1S/C17H24N2O/c1-13-5-7-14(8-6-13)15-4-2-11-19(15)16(20)12-17(18)9-3-10-17/h5-8,15H,2-4,9-12,18H2,1H3/t15-/m1/s1. The lowest BCUT2D eigenvalue weighted by molar-refractivity contribution is -0.134. The van der Waals surface area contributed by atoms with E-state index in [1.807, 2.05) is 0 Å². The van der Waals surface area contributed by atoms with Crippen LogP contribution in [0.3, 0.4) is 0 Å². The SMILES string of the molecule is Cc1ccc([C@H]2CCCN2C(=O)CC2(N)CCC2)cc1. The molecule has 1 saturated heterocycles. The summed E-state index contributed by atoms with van der Waals surface area (Å²) < 4.78 is 0. The predicted molar refractivity (Wildman–Crippen MR) is 80.3 cm³/mol. The minimum atomic E-state index is -0.211. The van der Waals surface area contributed by atoms with Gasteiger partial charge in [0.1, 0.15) is 0 Å². The molecule has 1 aromatic carbocycles. The number of likely N-dealkylation sites (tertiary alicyclic amines) is 1. The predicted octanol–water partition coefficient (Wildman–Crippen LogP) is 2.93. The van der Waals surface area contributed by atoms with Crippen molar-refractivity contribution in [1.82, 2.24) is 4.90 Å². The number of nitrogens with two attached hydrogens (primary N) is 1. The van der Waals surface area contributed by atoms with Gasteiger partial charge in [-0.05, 0) is 44.6 Å². The Bertz CT molecular complexity index is 490. The first-order chi connectivity index (χ1) is 9.57. The second-order valence-electron chi connectivity index (χ2n) is 6.55. The number of carbonyl (C=O) groups is 1. The van der Waals surface area contributed by atoms with Gasteiger partial charge in [0.15, 0.2) is 0 Å². The van der Waals surface area contributed by atoms with Crippen molar-refractivity contribution in [3.63, 3.8) is 0 Å². The molecule has 1 atom stereocenters. The Kier molecular flexibility index (Phi) is 3.55. The minimum absolute atomic E-state index is 0.211. The molecule has 2 fully saturated rings. The normalized spacial score (nSPS) is 24.5. The number of benzene rings is 1. The summed E-state index contributed by atoms with van der Waals surface area (Å²) >= 11 is 0. The van der Waals surface area contributed by atoms with Gasteiger partial charge in [0.05, 0.1) is 6.04 Å². The quantitative estimate of drug-likeness (QED) is 0.919. The van der Waals surface area contributed by atoms with Gasteiger partial charge in [0.2, 0.25) is 5.91 Å². The van der Waals surface area contributed by atoms with E-state index in [9.17, 15) is 4.79 Å². The lowest BCUT2D eigenvalue weighted by atomic mass is 9.75. The zero-order valence-electron chi connectivity index (χ0n) is 12.3. The maximum atomic E-state index is 12.6. The Morgan fingerprint density at radius 3 is 2.60 bits per heavy atom. The summed E-state index contributed by atoms with van der Waals surface area (Å²) in [4.78, 5) is 14.6. The van der Waals surface area contributed by atoms with Crippen LogP contribution in [0.15, 0.2) is 24.3 Å². The van der Waals surface area contributed by atoms with Crippen LogP contribution in [0.2, 0.25) is 0 Å². The van der Waals surface area contributed by atoms with Gasteiger partial charge in [-0.15, -0.1) is 0 Å². The zero-order valence-corrected chi connectivity index (χ0v) is 12.3. The molecule has 2 N–H and O–H groups in total. The molecule has 1 aliphatic carbocycles. The van der Waals surface area contributed by atoms with E-state index in [2.05, 4.69) is 36.1 Å². The number of hydrogen-bond donors (Lipinski definition) is 1. The third kappa shape index (κ3) is 2.59. The average molecular weight is 272 g/mol. The summed E-state index contributed by atoms with van der Waals surface area (Å²) in [7, 11) is 0. The Morgan fingerprint density at radius 2 is 2.00 bits per heavy atom. The second-order valence-corrected chi connectivity index (χ2v) is 6.55. The first-order valence-corrected chi connectivity index (χ1v) is 7.72. The lowest BCUT2D eigenvalue weighted by Crippen LogP contribution is -2.50. The van der Waals surface area contributed by atoms with E-state index in [0.29, 0.717) is 6.42 Å². The van der Waals surface area contributed by atoms with Crippen LogP contribution >= 0.6 is 0 Å². The van der Waals surface area contributed by atoms with E-state index in [1.165, 1.54) is 17.5 Å². The van der Waals surface area contributed by atoms with Crippen LogP contribution in [0.5, 0.6) is 0 Å². The molecule has 0 bridgehead atoms. The molecular weight excluding hydrogens is 248 g/mol. The zero-order chi connectivity index (χ0) is 14.2. The van der Waals surface area contributed by atoms with Crippen LogP contribution in [0, 0.1) is 6.92 Å². The van der Waals surface area contributed by atoms with Crippen LogP contribution in [0.1, 0.15) is 55.7 Å². The van der Waals surface area contributed by atoms with Crippen LogP contribution in [0.4, 0.5) is 0 Å². The monoisotopic (exact) mass is 272 g/mol. The van der Waals surface area contributed by atoms with Crippen LogP contribution in [-0.4, -0.2) is 22.9 Å². The molecule has 108 valence electrons. The van der Waals surface area contributed by atoms with Crippen LogP contribution in [-0.2, 0) is 4.79 Å². The van der Waals surface area contributed by atoms with Crippen molar-refractivity contribution in [3.05, 3.63) is 35.4 Å². The highest BCUT2D eigenvalue weighted by Crippen LogP contribution is 2.37. The summed E-state index contributed by atoms with van der Waals surface area (Å²) in [5.74, 6) is 0.246. The summed E-state index contributed by atoms with van der Waals surface area (Å²) in [5.41, 5.74) is 8.55. The van der Waals surface area contributed by atoms with Crippen molar-refractivity contribution in [2.45, 2.75) is 57.0 Å². The second kappa shape index (κ2) is 5.21. The molecule has 3 rings (SSSR count). The highest BCUT2D eigenvalue weighted by molar-refractivity contribution is 5.78. The summed E-state index contributed by atoms with van der Waals surface area (Å²) in [6.07, 6.45) is 5.87. The average Bonchev–Trinajstić information content (AvgIpc) is 2.87. The smallest absolute Gasteiger partial charge is 0.224 e. The molecule has 0 radical (unpaired) electrons. The molecule has 1 heterocycles. The maximum absolute atomic E-state index is 12.6. The van der Waals surface area contributed by atoms with E-state index in [-0.39, 0.29) is 17.5 Å². The maximum Gasteiger partial charge on any atom is 0.224 e. The van der Waals surface area contributed by atoms with Gasteiger partial charge in [-0.2, -0.15) is 0 Å². The fraction of sp³-hybridized carbons (Fsp3) is 0.588. The number of rotatable bonds is 3. The summed E-state index contributed by atoms with van der Waals surface area (Å²) in [6.45, 7) is 2.98. The van der Waals surface area contributed by atoms with Crippen molar-refractivity contribution in [1.29, 1.82) is 0 Å². The fourth-order valence-corrected chi connectivity index (χ4v) is 3.41. The van der Waals surface area contributed by atoms with E-state index in [4.69, 9.17) is 5.73 Å². The van der Waals surface area contributed by atoms with Gasteiger partial charge in [0.25, 0.3) is 0 Å². The number of carbonyl (C=O) groups excluding carboxylic acids is 1. The first-order valence-electron chi connectivity index (χ1n) is 7.72. The highest BCUT2D eigenvalue weighted by atomic mass is 16.2. The van der Waals surface area contributed by atoms with E-state index >= 15 is 0 Å². The third-order valence-corrected chi connectivity index (χ3v) is 4.89. The molecule has 1 amide bonds. The number of hydrogen-bond acceptors (Lipinski definition) is 2. The Morgan fingerprint density at radius 1 is 1.30 bits per heavy atom. The third-order valence-electron chi connectivity index (χ3n) is 4.89. The Balaban J connectivity index is 1.71. The van der Waals surface area contributed by atoms with Gasteiger partial charge in [-0.3, -0.25) is 4.79 Å². The van der Waals surface area contributed by atoms with Crippen molar-refractivity contribution >= 4 is 5.91 Å². The van der Waals surface area contributed by atoms with Gasteiger partial charge in [-0.1, -0.05) is 29.8 Å². The topological polar surface area (TPSA) is 46.3 Å². The van der Waals surface area contributed by atoms with Crippen molar-refractivity contribution in [2.75, 3.05) is 6.54 Å².